The van der Waals surface area contributed by atoms with Crippen molar-refractivity contribution in [1.29, 1.82) is 0 Å². The fourth-order valence-corrected chi connectivity index (χ4v) is 1.47. The van der Waals surface area contributed by atoms with Crippen LogP contribution in [0.1, 0.15) is 23.2 Å². The molecule has 3 N–H and O–H groups in total. The number of rotatable bonds is 4. The zero-order valence-electron chi connectivity index (χ0n) is 10.00. The van der Waals surface area contributed by atoms with E-state index in [0.29, 0.717) is 23.8 Å². The van der Waals surface area contributed by atoms with E-state index in [1.165, 1.54) is 6.20 Å². The molecule has 0 radical (unpaired) electrons. The van der Waals surface area contributed by atoms with Crippen molar-refractivity contribution in [3.63, 3.8) is 0 Å². The van der Waals surface area contributed by atoms with Gasteiger partial charge in [0.25, 0.3) is 5.91 Å². The van der Waals surface area contributed by atoms with Crippen LogP contribution in [0.5, 0.6) is 0 Å². The van der Waals surface area contributed by atoms with Gasteiger partial charge in [-0.15, -0.1) is 10.2 Å². The second kappa shape index (κ2) is 5.26. The van der Waals surface area contributed by atoms with E-state index in [2.05, 4.69) is 20.5 Å². The Labute approximate surface area is 104 Å². The first-order valence-corrected chi connectivity index (χ1v) is 5.57. The lowest BCUT2D eigenvalue weighted by Crippen LogP contribution is -2.25. The Kier molecular flexibility index (Phi) is 3.52. The van der Waals surface area contributed by atoms with Gasteiger partial charge in [0.2, 0.25) is 0 Å². The summed E-state index contributed by atoms with van der Waals surface area (Å²) in [6, 6.07) is 3.21. The molecule has 0 aliphatic carbocycles. The van der Waals surface area contributed by atoms with Crippen molar-refractivity contribution < 1.29 is 4.79 Å². The number of carbonyl (C=O) groups is 1. The molecule has 0 aliphatic heterocycles. The number of nitrogen functional groups attached to an aromatic ring is 1. The normalized spacial score (nSPS) is 10.3. The predicted octanol–water partition coefficient (Wildman–Crippen LogP) is 0.205. The summed E-state index contributed by atoms with van der Waals surface area (Å²) in [7, 11) is 0. The second-order valence-electron chi connectivity index (χ2n) is 3.69. The summed E-state index contributed by atoms with van der Waals surface area (Å²) in [5.41, 5.74) is 6.35. The number of nitrogens with zero attached hydrogens (tertiary/aromatic N) is 4. The first-order valence-electron chi connectivity index (χ1n) is 5.57. The molecule has 2 aromatic heterocycles. The highest BCUT2D eigenvalue weighted by Gasteiger charge is 2.08. The van der Waals surface area contributed by atoms with Gasteiger partial charge in [0.05, 0.1) is 18.4 Å². The Morgan fingerprint density at radius 2 is 2.33 bits per heavy atom. The number of amides is 1. The maximum Gasteiger partial charge on any atom is 0.270 e. The Morgan fingerprint density at radius 3 is 3.00 bits per heavy atom. The fraction of sp³-hybridized carbons (Fsp3) is 0.273. The van der Waals surface area contributed by atoms with Gasteiger partial charge in [-0.05, 0) is 19.1 Å². The van der Waals surface area contributed by atoms with Crippen LogP contribution in [0.4, 0.5) is 5.69 Å². The van der Waals surface area contributed by atoms with Crippen LogP contribution in [-0.2, 0) is 13.1 Å². The molecular formula is C11H14N6O. The highest BCUT2D eigenvalue weighted by Crippen LogP contribution is 2.01. The molecule has 0 spiro atoms. The summed E-state index contributed by atoms with van der Waals surface area (Å²) >= 11 is 0. The van der Waals surface area contributed by atoms with E-state index in [1.807, 2.05) is 11.5 Å². The molecule has 0 aliphatic rings. The Morgan fingerprint density at radius 1 is 1.50 bits per heavy atom. The van der Waals surface area contributed by atoms with Gasteiger partial charge in [0.15, 0.2) is 5.82 Å². The van der Waals surface area contributed by atoms with Gasteiger partial charge < -0.3 is 15.6 Å². The Balaban J connectivity index is 1.98. The molecule has 7 heteroatoms. The number of nitrogens with two attached hydrogens (primary N) is 1. The topological polar surface area (TPSA) is 98.7 Å². The smallest absolute Gasteiger partial charge is 0.270 e. The van der Waals surface area contributed by atoms with E-state index in [1.54, 1.807) is 18.5 Å². The summed E-state index contributed by atoms with van der Waals surface area (Å²) in [5.74, 6) is 0.446. The van der Waals surface area contributed by atoms with E-state index in [0.717, 1.165) is 6.54 Å². The zero-order valence-corrected chi connectivity index (χ0v) is 10.00. The monoisotopic (exact) mass is 246 g/mol. The second-order valence-corrected chi connectivity index (χ2v) is 3.69. The molecule has 0 aromatic carbocycles. The standard InChI is InChI=1S/C11H14N6O/c1-2-17-7-15-16-10(17)6-14-11(18)9-4-3-8(12)5-13-9/h3-5,7H,2,6,12H2,1H3,(H,14,18). The molecule has 0 bridgehead atoms. The van der Waals surface area contributed by atoms with Crippen molar-refractivity contribution in [2.45, 2.75) is 20.0 Å². The van der Waals surface area contributed by atoms with Crippen LogP contribution in [0.25, 0.3) is 0 Å². The predicted molar refractivity (Wildman–Crippen MR) is 65.5 cm³/mol. The van der Waals surface area contributed by atoms with Gasteiger partial charge in [0.1, 0.15) is 12.0 Å². The molecule has 0 unspecified atom stereocenters. The van der Waals surface area contributed by atoms with E-state index in [-0.39, 0.29) is 5.91 Å². The van der Waals surface area contributed by atoms with Crippen LogP contribution in [0.2, 0.25) is 0 Å². The largest absolute Gasteiger partial charge is 0.397 e. The number of anilines is 1. The van der Waals surface area contributed by atoms with Gasteiger partial charge in [-0.3, -0.25) is 4.79 Å². The molecule has 0 fully saturated rings. The lowest BCUT2D eigenvalue weighted by atomic mass is 10.3. The molecular weight excluding hydrogens is 232 g/mol. The number of hydrogen-bond donors (Lipinski definition) is 2. The number of hydrogen-bond acceptors (Lipinski definition) is 5. The van der Waals surface area contributed by atoms with Crippen LogP contribution in [0.15, 0.2) is 24.7 Å². The minimum Gasteiger partial charge on any atom is -0.397 e. The third-order valence-corrected chi connectivity index (χ3v) is 2.46. The number of pyridine rings is 1. The van der Waals surface area contributed by atoms with Crippen molar-refractivity contribution >= 4 is 11.6 Å². The summed E-state index contributed by atoms with van der Waals surface area (Å²) < 4.78 is 1.86. The van der Waals surface area contributed by atoms with Gasteiger partial charge in [-0.1, -0.05) is 0 Å². The van der Waals surface area contributed by atoms with E-state index < -0.39 is 0 Å². The highest BCUT2D eigenvalue weighted by molar-refractivity contribution is 5.92. The minimum absolute atomic E-state index is 0.263. The Hall–Kier alpha value is -2.44. The van der Waals surface area contributed by atoms with Crippen molar-refractivity contribution in [2.24, 2.45) is 0 Å². The van der Waals surface area contributed by atoms with Crippen LogP contribution in [-0.4, -0.2) is 25.7 Å². The summed E-state index contributed by atoms with van der Waals surface area (Å²) in [4.78, 5) is 15.7. The minimum atomic E-state index is -0.263. The molecule has 2 heterocycles. The molecule has 2 rings (SSSR count). The van der Waals surface area contributed by atoms with Crippen LogP contribution in [0, 0.1) is 0 Å². The molecule has 0 saturated heterocycles. The average Bonchev–Trinajstić information content (AvgIpc) is 2.84. The first-order chi connectivity index (χ1) is 8.70. The van der Waals surface area contributed by atoms with Gasteiger partial charge in [0, 0.05) is 6.54 Å². The molecule has 1 amide bonds. The van der Waals surface area contributed by atoms with Gasteiger partial charge in [-0.25, -0.2) is 4.98 Å². The number of carbonyl (C=O) groups excluding carboxylic acids is 1. The van der Waals surface area contributed by atoms with Crippen molar-refractivity contribution in [3.05, 3.63) is 36.2 Å². The van der Waals surface area contributed by atoms with Crippen LogP contribution < -0.4 is 11.1 Å². The van der Waals surface area contributed by atoms with E-state index >= 15 is 0 Å². The maximum atomic E-state index is 11.8. The number of nitrogens with one attached hydrogen (secondary N) is 1. The average molecular weight is 246 g/mol. The molecule has 94 valence electrons. The summed E-state index contributed by atoms with van der Waals surface area (Å²) in [6.45, 7) is 3.06. The lowest BCUT2D eigenvalue weighted by Gasteiger charge is -2.05. The van der Waals surface area contributed by atoms with Crippen molar-refractivity contribution in [1.82, 2.24) is 25.1 Å². The molecule has 7 nitrogen and oxygen atoms in total. The van der Waals surface area contributed by atoms with Crippen LogP contribution in [0.3, 0.4) is 0 Å². The summed E-state index contributed by atoms with van der Waals surface area (Å²) in [5, 5.41) is 10.4. The third kappa shape index (κ3) is 2.62. The number of aromatic nitrogens is 4. The van der Waals surface area contributed by atoms with E-state index in [9.17, 15) is 4.79 Å². The number of aryl methyl sites for hydroxylation is 1. The van der Waals surface area contributed by atoms with Crippen LogP contribution >= 0.6 is 0 Å². The zero-order chi connectivity index (χ0) is 13.0. The maximum absolute atomic E-state index is 11.8. The quantitative estimate of drug-likeness (QED) is 0.803. The molecule has 0 saturated carbocycles. The summed E-state index contributed by atoms with van der Waals surface area (Å²) in [6.07, 6.45) is 3.08. The van der Waals surface area contributed by atoms with Crippen molar-refractivity contribution in [2.75, 3.05) is 5.73 Å². The van der Waals surface area contributed by atoms with E-state index in [4.69, 9.17) is 5.73 Å². The lowest BCUT2D eigenvalue weighted by molar-refractivity contribution is 0.0944. The van der Waals surface area contributed by atoms with Gasteiger partial charge >= 0.3 is 0 Å². The highest BCUT2D eigenvalue weighted by atomic mass is 16.1. The fourth-order valence-electron chi connectivity index (χ4n) is 1.47. The SMILES string of the molecule is CCn1cnnc1CNC(=O)c1ccc(N)cn1. The molecule has 2 aromatic rings. The molecule has 18 heavy (non-hydrogen) atoms. The molecule has 0 atom stereocenters. The van der Waals surface area contributed by atoms with Gasteiger partial charge in [-0.2, -0.15) is 0 Å². The Bertz CT molecular complexity index is 533. The van der Waals surface area contributed by atoms with Crippen molar-refractivity contribution in [3.8, 4) is 0 Å². The third-order valence-electron chi connectivity index (χ3n) is 2.46. The first kappa shape index (κ1) is 12.0.